The maximum Gasteiger partial charge on any atom is 0.0361 e. The van der Waals surface area contributed by atoms with Crippen LogP contribution < -0.4 is 0 Å². The van der Waals surface area contributed by atoms with Crippen molar-refractivity contribution in [3.05, 3.63) is 170 Å². The first-order chi connectivity index (χ1) is 23.3. The minimum atomic E-state index is 1.25. The van der Waals surface area contributed by atoms with Crippen LogP contribution in [0, 0.1) is 0 Å². The number of hydrogen-bond acceptors (Lipinski definition) is 1. The Hall–Kier alpha value is -5.76. The number of rotatable bonds is 3. The normalized spacial score (nSPS) is 11.8. The van der Waals surface area contributed by atoms with Crippen LogP contribution >= 0.6 is 11.3 Å². The van der Waals surface area contributed by atoms with Crippen molar-refractivity contribution < 1.29 is 0 Å². The zero-order valence-corrected chi connectivity index (χ0v) is 26.4. The van der Waals surface area contributed by atoms with Gasteiger partial charge in [0.15, 0.2) is 0 Å². The van der Waals surface area contributed by atoms with Gasteiger partial charge in [-0.1, -0.05) is 158 Å². The second-order valence-corrected chi connectivity index (χ2v) is 13.5. The van der Waals surface area contributed by atoms with Gasteiger partial charge in [-0.15, -0.1) is 11.3 Å². The Balaban J connectivity index is 1.22. The van der Waals surface area contributed by atoms with Gasteiger partial charge < -0.3 is 0 Å². The van der Waals surface area contributed by atoms with Crippen LogP contribution in [0.1, 0.15) is 0 Å². The Kier molecular flexibility index (Phi) is 5.85. The lowest BCUT2D eigenvalue weighted by atomic mass is 9.84. The van der Waals surface area contributed by atoms with Gasteiger partial charge in [-0.05, 0) is 88.6 Å². The molecular formula is C46H28S. The zero-order valence-electron chi connectivity index (χ0n) is 25.6. The molecule has 9 aromatic carbocycles. The predicted octanol–water partition coefficient (Wildman–Crippen LogP) is 13.7. The molecule has 0 fully saturated rings. The highest BCUT2D eigenvalue weighted by molar-refractivity contribution is 7.26. The summed E-state index contributed by atoms with van der Waals surface area (Å²) in [5, 5.41) is 13.0. The number of hydrogen-bond donors (Lipinski definition) is 0. The molecule has 10 rings (SSSR count). The van der Waals surface area contributed by atoms with Crippen LogP contribution in [0.3, 0.4) is 0 Å². The van der Waals surface area contributed by atoms with E-state index in [2.05, 4.69) is 170 Å². The molecule has 0 radical (unpaired) electrons. The van der Waals surface area contributed by atoms with Crippen molar-refractivity contribution in [2.75, 3.05) is 0 Å². The van der Waals surface area contributed by atoms with Gasteiger partial charge in [0.2, 0.25) is 0 Å². The second-order valence-electron chi connectivity index (χ2n) is 12.4. The van der Waals surface area contributed by atoms with E-state index in [0.29, 0.717) is 0 Å². The fourth-order valence-corrected chi connectivity index (χ4v) is 8.98. The first-order valence-corrected chi connectivity index (χ1v) is 17.0. The highest BCUT2D eigenvalue weighted by Crippen LogP contribution is 2.47. The third kappa shape index (κ3) is 4.00. The minimum absolute atomic E-state index is 1.25. The van der Waals surface area contributed by atoms with E-state index >= 15 is 0 Å². The number of benzene rings is 9. The van der Waals surface area contributed by atoms with Gasteiger partial charge in [-0.25, -0.2) is 0 Å². The standard InChI is InChI=1S/C46H28S/c1-2-13-30(14-3-1)44-36-18-8-10-20-38(36)45(39-21-11-9-19-37(39)44)40-26-25-32(34-16-6-7-17-35(34)40)31-22-24-41-43(28-31)47-42-27-23-29-12-4-5-15-33(29)46(41)42/h1-28H. The van der Waals surface area contributed by atoms with Crippen LogP contribution in [0.25, 0.3) is 96.6 Å². The lowest BCUT2D eigenvalue weighted by Gasteiger charge is -2.19. The Morgan fingerprint density at radius 2 is 0.851 bits per heavy atom. The van der Waals surface area contributed by atoms with Crippen molar-refractivity contribution in [2.24, 2.45) is 0 Å². The SMILES string of the molecule is c1ccc(-c2c3ccccc3c(-c3ccc(-c4ccc5c(c4)sc4ccc6ccccc6c45)c4ccccc34)c3ccccc23)cc1. The fourth-order valence-electron chi connectivity index (χ4n) is 7.82. The Morgan fingerprint density at radius 3 is 1.55 bits per heavy atom. The van der Waals surface area contributed by atoms with E-state index in [-0.39, 0.29) is 0 Å². The van der Waals surface area contributed by atoms with Gasteiger partial charge in [0.25, 0.3) is 0 Å². The molecule has 0 aliphatic heterocycles. The molecule has 0 bridgehead atoms. The van der Waals surface area contributed by atoms with Crippen LogP contribution in [0.5, 0.6) is 0 Å². The maximum absolute atomic E-state index is 2.40. The van der Waals surface area contributed by atoms with E-state index in [1.807, 2.05) is 11.3 Å². The molecule has 0 aliphatic carbocycles. The molecule has 0 spiro atoms. The van der Waals surface area contributed by atoms with E-state index in [0.717, 1.165) is 0 Å². The molecule has 1 heteroatoms. The Labute approximate surface area is 276 Å². The predicted molar refractivity (Wildman–Crippen MR) is 206 cm³/mol. The van der Waals surface area contributed by atoms with Crippen LogP contribution in [0.2, 0.25) is 0 Å². The van der Waals surface area contributed by atoms with Crippen molar-refractivity contribution in [1.29, 1.82) is 0 Å². The first-order valence-electron chi connectivity index (χ1n) is 16.2. The first kappa shape index (κ1) is 26.5. The van der Waals surface area contributed by atoms with Gasteiger partial charge in [-0.2, -0.15) is 0 Å². The summed E-state index contributed by atoms with van der Waals surface area (Å²) in [6, 6.07) is 62.6. The van der Waals surface area contributed by atoms with Crippen molar-refractivity contribution in [3.63, 3.8) is 0 Å². The number of thiophene rings is 1. The fraction of sp³-hybridized carbons (Fsp3) is 0. The summed E-state index contributed by atoms with van der Waals surface area (Å²) in [5.41, 5.74) is 7.63. The molecule has 0 aliphatic rings. The van der Waals surface area contributed by atoms with Crippen molar-refractivity contribution in [3.8, 4) is 33.4 Å². The smallest absolute Gasteiger partial charge is 0.0361 e. The van der Waals surface area contributed by atoms with E-state index < -0.39 is 0 Å². The third-order valence-corrected chi connectivity index (χ3v) is 11.0. The maximum atomic E-state index is 2.40. The molecule has 0 N–H and O–H groups in total. The van der Waals surface area contributed by atoms with Gasteiger partial charge in [0, 0.05) is 20.2 Å². The summed E-state index contributed by atoms with van der Waals surface area (Å²) >= 11 is 1.89. The third-order valence-electron chi connectivity index (χ3n) is 9.86. The minimum Gasteiger partial charge on any atom is -0.135 e. The van der Waals surface area contributed by atoms with E-state index in [1.54, 1.807) is 0 Å². The Bertz CT molecular complexity index is 2780. The average Bonchev–Trinajstić information content (AvgIpc) is 3.52. The highest BCUT2D eigenvalue weighted by Gasteiger charge is 2.19. The Morgan fingerprint density at radius 1 is 0.298 bits per heavy atom. The molecule has 0 nitrogen and oxygen atoms in total. The van der Waals surface area contributed by atoms with Crippen LogP contribution in [0.15, 0.2) is 170 Å². The topological polar surface area (TPSA) is 0 Å². The summed E-state index contributed by atoms with van der Waals surface area (Å²) in [7, 11) is 0. The average molecular weight is 613 g/mol. The molecular weight excluding hydrogens is 585 g/mol. The molecule has 1 aromatic heterocycles. The molecule has 0 unspecified atom stereocenters. The largest absolute Gasteiger partial charge is 0.135 e. The summed E-state index contributed by atoms with van der Waals surface area (Å²) in [4.78, 5) is 0. The van der Waals surface area contributed by atoms with Crippen molar-refractivity contribution in [1.82, 2.24) is 0 Å². The summed E-state index contributed by atoms with van der Waals surface area (Å²) in [5.74, 6) is 0. The summed E-state index contributed by atoms with van der Waals surface area (Å²) in [6.07, 6.45) is 0. The van der Waals surface area contributed by atoms with E-state index in [1.165, 1.54) is 96.6 Å². The summed E-state index contributed by atoms with van der Waals surface area (Å²) in [6.45, 7) is 0. The number of fused-ring (bicyclic) bond motifs is 8. The molecule has 1 heterocycles. The zero-order chi connectivity index (χ0) is 30.9. The second kappa shape index (κ2) is 10.4. The molecule has 47 heavy (non-hydrogen) atoms. The molecule has 0 atom stereocenters. The van der Waals surface area contributed by atoms with Crippen LogP contribution in [-0.4, -0.2) is 0 Å². The quantitative estimate of drug-likeness (QED) is 0.174. The van der Waals surface area contributed by atoms with Gasteiger partial charge in [0.1, 0.15) is 0 Å². The van der Waals surface area contributed by atoms with Gasteiger partial charge in [0.05, 0.1) is 0 Å². The molecule has 0 amide bonds. The van der Waals surface area contributed by atoms with Gasteiger partial charge >= 0.3 is 0 Å². The van der Waals surface area contributed by atoms with Gasteiger partial charge in [-0.3, -0.25) is 0 Å². The molecule has 218 valence electrons. The molecule has 10 aromatic rings. The highest BCUT2D eigenvalue weighted by atomic mass is 32.1. The van der Waals surface area contributed by atoms with E-state index in [9.17, 15) is 0 Å². The lowest BCUT2D eigenvalue weighted by molar-refractivity contribution is 1.66. The lowest BCUT2D eigenvalue weighted by Crippen LogP contribution is -1.92. The molecule has 0 saturated carbocycles. The summed E-state index contributed by atoms with van der Waals surface area (Å²) < 4.78 is 2.67. The van der Waals surface area contributed by atoms with E-state index in [4.69, 9.17) is 0 Å². The van der Waals surface area contributed by atoms with Crippen LogP contribution in [-0.2, 0) is 0 Å². The van der Waals surface area contributed by atoms with Crippen molar-refractivity contribution in [2.45, 2.75) is 0 Å². The monoisotopic (exact) mass is 612 g/mol. The van der Waals surface area contributed by atoms with Crippen molar-refractivity contribution >= 4 is 74.6 Å². The van der Waals surface area contributed by atoms with Crippen LogP contribution in [0.4, 0.5) is 0 Å². The molecule has 0 saturated heterocycles.